The quantitative estimate of drug-likeness (QED) is 0.358. The number of nitrogens with zero attached hydrogens (tertiary/aromatic N) is 1. The lowest BCUT2D eigenvalue weighted by molar-refractivity contribution is -0.385. The van der Waals surface area contributed by atoms with Gasteiger partial charge in [-0.2, -0.15) is 0 Å². The van der Waals surface area contributed by atoms with Gasteiger partial charge in [-0.3, -0.25) is 19.7 Å². The van der Waals surface area contributed by atoms with Crippen LogP contribution < -0.4 is 11.1 Å². The molecule has 0 atom stereocenters. The second-order valence-electron chi connectivity index (χ2n) is 6.11. The summed E-state index contributed by atoms with van der Waals surface area (Å²) in [6.07, 6.45) is 2.54. The number of nitrogens with one attached hydrogen (secondary N) is 1. The molecule has 1 heterocycles. The lowest BCUT2D eigenvalue weighted by Crippen LogP contribution is -2.16. The summed E-state index contributed by atoms with van der Waals surface area (Å²) in [6, 6.07) is 15.4. The summed E-state index contributed by atoms with van der Waals surface area (Å²) in [7, 11) is 0. The molecule has 3 N–H and O–H groups in total. The smallest absolute Gasteiger partial charge is 0.276 e. The molecule has 3 aromatic rings. The number of benzene rings is 2. The van der Waals surface area contributed by atoms with E-state index in [2.05, 4.69) is 5.32 Å². The molecular weight excluding hydrogens is 390 g/mol. The van der Waals surface area contributed by atoms with Gasteiger partial charge in [-0.15, -0.1) is 11.3 Å². The van der Waals surface area contributed by atoms with Crippen molar-refractivity contribution in [2.75, 3.05) is 5.32 Å². The number of carbonyl (C=O) groups is 2. The zero-order valence-corrected chi connectivity index (χ0v) is 16.2. The molecule has 0 aliphatic rings. The number of hydrogen-bond donors (Lipinski definition) is 2. The largest absolute Gasteiger partial charge is 0.365 e. The summed E-state index contributed by atoms with van der Waals surface area (Å²) >= 11 is 1.25. The monoisotopic (exact) mass is 407 g/mol. The molecule has 3 rings (SSSR count). The van der Waals surface area contributed by atoms with Crippen molar-refractivity contribution < 1.29 is 14.5 Å². The summed E-state index contributed by atoms with van der Waals surface area (Å²) < 4.78 is 0. The second kappa shape index (κ2) is 8.49. The molecular formula is C21H17N3O4S. The van der Waals surface area contributed by atoms with E-state index in [1.807, 2.05) is 37.3 Å². The fourth-order valence-corrected chi connectivity index (χ4v) is 4.02. The minimum absolute atomic E-state index is 0.104. The van der Waals surface area contributed by atoms with Gasteiger partial charge >= 0.3 is 0 Å². The fourth-order valence-electron chi connectivity index (χ4n) is 2.93. The van der Waals surface area contributed by atoms with E-state index < -0.39 is 16.7 Å². The fraction of sp³-hybridized carbons (Fsp3) is 0.0476. The van der Waals surface area contributed by atoms with Crippen LogP contribution in [-0.2, 0) is 4.79 Å². The van der Waals surface area contributed by atoms with E-state index in [-0.39, 0.29) is 11.3 Å². The van der Waals surface area contributed by atoms with Crippen molar-refractivity contribution in [3.63, 3.8) is 0 Å². The van der Waals surface area contributed by atoms with Crippen molar-refractivity contribution in [3.05, 3.63) is 86.8 Å². The Balaban J connectivity index is 1.90. The first-order valence-electron chi connectivity index (χ1n) is 8.59. The number of carbonyl (C=O) groups excluding carboxylic acids is 2. The number of aryl methyl sites for hydroxylation is 1. The van der Waals surface area contributed by atoms with Crippen molar-refractivity contribution in [2.45, 2.75) is 6.92 Å². The topological polar surface area (TPSA) is 115 Å². The van der Waals surface area contributed by atoms with Crippen LogP contribution in [0.25, 0.3) is 17.2 Å². The van der Waals surface area contributed by atoms with Crippen LogP contribution in [0.3, 0.4) is 0 Å². The highest BCUT2D eigenvalue weighted by atomic mass is 32.1. The second-order valence-corrected chi connectivity index (χ2v) is 7.33. The maximum atomic E-state index is 12.4. The van der Waals surface area contributed by atoms with Gasteiger partial charge in [0.2, 0.25) is 5.91 Å². The summed E-state index contributed by atoms with van der Waals surface area (Å²) in [4.78, 5) is 35.9. The summed E-state index contributed by atoms with van der Waals surface area (Å²) in [5, 5.41) is 14.1. The number of rotatable bonds is 6. The van der Waals surface area contributed by atoms with Gasteiger partial charge in [0.15, 0.2) is 0 Å². The summed E-state index contributed by atoms with van der Waals surface area (Å²) in [5.41, 5.74) is 7.53. The normalized spacial score (nSPS) is 10.8. The molecule has 0 spiro atoms. The molecule has 0 fully saturated rings. The van der Waals surface area contributed by atoms with Crippen molar-refractivity contribution in [1.82, 2.24) is 0 Å². The Labute approximate surface area is 170 Å². The molecule has 0 saturated heterocycles. The van der Waals surface area contributed by atoms with E-state index in [9.17, 15) is 19.7 Å². The number of thiophene rings is 1. The molecule has 29 heavy (non-hydrogen) atoms. The van der Waals surface area contributed by atoms with Crippen LogP contribution in [0.2, 0.25) is 0 Å². The van der Waals surface area contributed by atoms with Crippen LogP contribution in [0.4, 0.5) is 10.7 Å². The van der Waals surface area contributed by atoms with Crippen molar-refractivity contribution in [2.24, 2.45) is 5.73 Å². The van der Waals surface area contributed by atoms with Gasteiger partial charge in [0.25, 0.3) is 11.6 Å². The van der Waals surface area contributed by atoms with Gasteiger partial charge in [0.1, 0.15) is 5.00 Å². The van der Waals surface area contributed by atoms with Crippen molar-refractivity contribution in [3.8, 4) is 11.1 Å². The van der Waals surface area contributed by atoms with Crippen LogP contribution in [0.5, 0.6) is 0 Å². The highest BCUT2D eigenvalue weighted by molar-refractivity contribution is 7.17. The minimum Gasteiger partial charge on any atom is -0.365 e. The first-order chi connectivity index (χ1) is 13.9. The number of hydrogen-bond acceptors (Lipinski definition) is 5. The van der Waals surface area contributed by atoms with Crippen LogP contribution in [0, 0.1) is 17.0 Å². The van der Waals surface area contributed by atoms with Crippen LogP contribution in [0.15, 0.2) is 60.7 Å². The van der Waals surface area contributed by atoms with Gasteiger partial charge in [0.05, 0.1) is 16.1 Å². The SMILES string of the molecule is Cc1sc(NC(=O)/C=C/c2ccccc2[N+](=O)[O-])c(C(N)=O)c1-c1ccccc1. The zero-order chi connectivity index (χ0) is 21.0. The standard InChI is InChI=1S/C21H17N3O4S/c1-13-18(15-8-3-2-4-9-15)19(20(22)26)21(29-13)23-17(25)12-11-14-7-5-6-10-16(14)24(27)28/h2-12H,1H3,(H2,22,26)(H,23,25)/b12-11+. The Kier molecular flexibility index (Phi) is 5.85. The zero-order valence-electron chi connectivity index (χ0n) is 15.4. The molecule has 0 saturated carbocycles. The predicted molar refractivity (Wildman–Crippen MR) is 114 cm³/mol. The predicted octanol–water partition coefficient (Wildman–Crippen LogP) is 4.38. The van der Waals surface area contributed by atoms with E-state index in [0.29, 0.717) is 16.1 Å². The Bertz CT molecular complexity index is 1120. The molecule has 0 unspecified atom stereocenters. The van der Waals surface area contributed by atoms with Crippen molar-refractivity contribution in [1.29, 1.82) is 0 Å². The third kappa shape index (κ3) is 4.39. The average molecular weight is 407 g/mol. The van der Waals surface area contributed by atoms with Gasteiger partial charge in [-0.25, -0.2) is 0 Å². The summed E-state index contributed by atoms with van der Waals surface area (Å²) in [6.45, 7) is 1.85. The van der Waals surface area contributed by atoms with Crippen molar-refractivity contribution >= 4 is 39.9 Å². The van der Waals surface area contributed by atoms with E-state index >= 15 is 0 Å². The first-order valence-corrected chi connectivity index (χ1v) is 9.41. The molecule has 0 aliphatic heterocycles. The van der Waals surface area contributed by atoms with Gasteiger partial charge in [-0.05, 0) is 24.6 Å². The summed E-state index contributed by atoms with van der Waals surface area (Å²) in [5.74, 6) is -1.17. The Morgan fingerprint density at radius 3 is 2.41 bits per heavy atom. The number of amides is 2. The Morgan fingerprint density at radius 2 is 1.76 bits per heavy atom. The van der Waals surface area contributed by atoms with Gasteiger partial charge in [-0.1, -0.05) is 42.5 Å². The number of anilines is 1. The molecule has 0 bridgehead atoms. The minimum atomic E-state index is -0.647. The Morgan fingerprint density at radius 1 is 1.10 bits per heavy atom. The molecule has 8 heteroatoms. The van der Waals surface area contributed by atoms with E-state index in [4.69, 9.17) is 5.73 Å². The van der Waals surface area contributed by atoms with Crippen LogP contribution in [-0.4, -0.2) is 16.7 Å². The molecule has 1 aromatic heterocycles. The molecule has 2 amide bonds. The highest BCUT2D eigenvalue weighted by Gasteiger charge is 2.22. The van der Waals surface area contributed by atoms with E-state index in [1.54, 1.807) is 18.2 Å². The number of nitrogens with two attached hydrogens (primary N) is 1. The lowest BCUT2D eigenvalue weighted by Gasteiger charge is -2.05. The number of nitro groups is 1. The third-order valence-corrected chi connectivity index (χ3v) is 5.20. The van der Waals surface area contributed by atoms with Gasteiger partial charge < -0.3 is 11.1 Å². The molecule has 2 aromatic carbocycles. The molecule has 7 nitrogen and oxygen atoms in total. The highest BCUT2D eigenvalue weighted by Crippen LogP contribution is 2.39. The first kappa shape index (κ1) is 20.0. The maximum absolute atomic E-state index is 12.4. The van der Waals surface area contributed by atoms with E-state index in [0.717, 1.165) is 10.4 Å². The number of nitro benzene ring substituents is 1. The Hall–Kier alpha value is -3.78. The molecule has 146 valence electrons. The van der Waals surface area contributed by atoms with Gasteiger partial charge in [0, 0.05) is 22.6 Å². The third-order valence-electron chi connectivity index (χ3n) is 4.18. The van der Waals surface area contributed by atoms with Crippen LogP contribution >= 0.6 is 11.3 Å². The number of para-hydroxylation sites is 1. The van der Waals surface area contributed by atoms with Crippen LogP contribution in [0.1, 0.15) is 20.8 Å². The molecule has 0 aliphatic carbocycles. The number of primary amides is 1. The maximum Gasteiger partial charge on any atom is 0.276 e. The average Bonchev–Trinajstić information content (AvgIpc) is 3.03. The van der Waals surface area contributed by atoms with E-state index in [1.165, 1.54) is 29.6 Å². The molecule has 0 radical (unpaired) electrons. The lowest BCUT2D eigenvalue weighted by atomic mass is 10.0.